The molecule has 2 atom stereocenters. The Kier molecular flexibility index (Phi) is 3.46. The second-order valence-corrected chi connectivity index (χ2v) is 6.23. The van der Waals surface area contributed by atoms with E-state index >= 15 is 0 Å². The molecule has 3 nitrogen and oxygen atoms in total. The molecular formula is C14H16INO2. The summed E-state index contributed by atoms with van der Waals surface area (Å²) in [5.41, 5.74) is 1.14. The number of fused-ring (bicyclic) bond motifs is 1. The summed E-state index contributed by atoms with van der Waals surface area (Å²) < 4.78 is 6.70. The molecule has 2 fully saturated rings. The first kappa shape index (κ1) is 12.3. The first-order valence-electron chi connectivity index (χ1n) is 6.46. The normalized spacial score (nSPS) is 27.6. The topological polar surface area (TPSA) is 29.5 Å². The maximum absolute atomic E-state index is 11.7. The Morgan fingerprint density at radius 3 is 2.67 bits per heavy atom. The molecule has 0 N–H and O–H groups in total. The molecule has 0 spiro atoms. The molecule has 1 saturated carbocycles. The van der Waals surface area contributed by atoms with E-state index in [0.717, 1.165) is 18.5 Å². The molecule has 0 bridgehead atoms. The van der Waals surface area contributed by atoms with E-state index in [1.807, 2.05) is 0 Å². The van der Waals surface area contributed by atoms with Crippen LogP contribution in [0.1, 0.15) is 25.7 Å². The fraction of sp³-hybridized carbons (Fsp3) is 0.500. The van der Waals surface area contributed by atoms with E-state index in [4.69, 9.17) is 4.74 Å². The summed E-state index contributed by atoms with van der Waals surface area (Å²) in [6, 6.07) is 8.76. The van der Waals surface area contributed by atoms with Gasteiger partial charge in [0.05, 0.1) is 6.04 Å². The van der Waals surface area contributed by atoms with Crippen LogP contribution in [-0.2, 0) is 9.53 Å². The van der Waals surface area contributed by atoms with Crippen LogP contribution >= 0.6 is 22.6 Å². The van der Waals surface area contributed by atoms with Gasteiger partial charge in [-0.05, 0) is 66.1 Å². The minimum atomic E-state index is -0.0864. The molecule has 1 aliphatic heterocycles. The van der Waals surface area contributed by atoms with Crippen molar-refractivity contribution in [3.05, 3.63) is 27.8 Å². The van der Waals surface area contributed by atoms with E-state index in [1.54, 1.807) is 0 Å². The molecule has 18 heavy (non-hydrogen) atoms. The molecule has 2 unspecified atom stereocenters. The van der Waals surface area contributed by atoms with Gasteiger partial charge in [0.1, 0.15) is 12.6 Å². The number of benzene rings is 1. The maximum Gasteiger partial charge on any atom is 0.325 e. The highest BCUT2D eigenvalue weighted by atomic mass is 127. The predicted molar refractivity (Wildman–Crippen MR) is 78.6 cm³/mol. The second kappa shape index (κ2) is 5.07. The Labute approximate surface area is 121 Å². The van der Waals surface area contributed by atoms with Crippen molar-refractivity contribution in [2.24, 2.45) is 0 Å². The van der Waals surface area contributed by atoms with Crippen LogP contribution in [0.4, 0.5) is 5.69 Å². The zero-order valence-corrected chi connectivity index (χ0v) is 12.3. The van der Waals surface area contributed by atoms with Crippen molar-refractivity contribution in [2.75, 3.05) is 11.4 Å². The van der Waals surface area contributed by atoms with E-state index in [1.165, 1.54) is 16.4 Å². The fourth-order valence-electron chi connectivity index (χ4n) is 2.95. The molecule has 96 valence electrons. The van der Waals surface area contributed by atoms with Crippen molar-refractivity contribution in [1.29, 1.82) is 0 Å². The van der Waals surface area contributed by atoms with Gasteiger partial charge >= 0.3 is 5.97 Å². The average Bonchev–Trinajstić information content (AvgIpc) is 2.38. The molecule has 0 radical (unpaired) electrons. The molecule has 1 aromatic carbocycles. The molecular weight excluding hydrogens is 341 g/mol. The number of anilines is 1. The molecule has 1 heterocycles. The van der Waals surface area contributed by atoms with Crippen LogP contribution in [0, 0.1) is 3.57 Å². The van der Waals surface area contributed by atoms with Crippen molar-refractivity contribution in [3.63, 3.8) is 0 Å². The Balaban J connectivity index is 1.88. The number of ether oxygens (including phenoxy) is 1. The number of nitrogens with zero attached hydrogens (tertiary/aromatic N) is 1. The van der Waals surface area contributed by atoms with Crippen LogP contribution in [0.2, 0.25) is 0 Å². The van der Waals surface area contributed by atoms with Gasteiger partial charge in [-0.25, -0.2) is 0 Å². The summed E-state index contributed by atoms with van der Waals surface area (Å²) in [6.07, 6.45) is 4.65. The third kappa shape index (κ3) is 2.35. The van der Waals surface area contributed by atoms with E-state index in [-0.39, 0.29) is 12.1 Å². The summed E-state index contributed by atoms with van der Waals surface area (Å²) >= 11 is 2.30. The van der Waals surface area contributed by atoms with Crippen molar-refractivity contribution < 1.29 is 9.53 Å². The predicted octanol–water partition coefficient (Wildman–Crippen LogP) is 2.97. The van der Waals surface area contributed by atoms with Crippen LogP contribution in [-0.4, -0.2) is 24.7 Å². The number of esters is 1. The van der Waals surface area contributed by atoms with Gasteiger partial charge in [-0.3, -0.25) is 4.79 Å². The number of hydrogen-bond acceptors (Lipinski definition) is 3. The standard InChI is InChI=1S/C14H16INO2/c15-10-5-7-11(8-6-10)16-9-14(17)18-13-4-2-1-3-12(13)16/h5-8,12-13H,1-4,9H2. The lowest BCUT2D eigenvalue weighted by molar-refractivity contribution is -0.154. The van der Waals surface area contributed by atoms with Crippen LogP contribution in [0.3, 0.4) is 0 Å². The van der Waals surface area contributed by atoms with Crippen LogP contribution < -0.4 is 4.90 Å². The zero-order valence-electron chi connectivity index (χ0n) is 10.1. The molecule has 2 aliphatic rings. The van der Waals surface area contributed by atoms with Gasteiger partial charge < -0.3 is 9.64 Å². The highest BCUT2D eigenvalue weighted by Crippen LogP contribution is 2.32. The number of morpholine rings is 1. The first-order valence-corrected chi connectivity index (χ1v) is 7.53. The summed E-state index contributed by atoms with van der Waals surface area (Å²) in [4.78, 5) is 13.9. The monoisotopic (exact) mass is 357 g/mol. The number of carbonyl (C=O) groups is 1. The Morgan fingerprint density at radius 2 is 1.89 bits per heavy atom. The molecule has 1 aromatic rings. The Morgan fingerprint density at radius 1 is 1.17 bits per heavy atom. The third-order valence-electron chi connectivity index (χ3n) is 3.81. The largest absolute Gasteiger partial charge is 0.459 e. The summed E-state index contributed by atoms with van der Waals surface area (Å²) in [5, 5.41) is 0. The molecule has 0 aromatic heterocycles. The lowest BCUT2D eigenvalue weighted by Gasteiger charge is -2.44. The number of halogens is 1. The number of rotatable bonds is 1. The van der Waals surface area contributed by atoms with E-state index in [0.29, 0.717) is 12.6 Å². The number of carbonyl (C=O) groups excluding carboxylic acids is 1. The van der Waals surface area contributed by atoms with Crippen molar-refractivity contribution >= 4 is 34.2 Å². The Hall–Kier alpha value is -0.780. The van der Waals surface area contributed by atoms with Crippen molar-refractivity contribution in [1.82, 2.24) is 0 Å². The van der Waals surface area contributed by atoms with Crippen LogP contribution in [0.25, 0.3) is 0 Å². The maximum atomic E-state index is 11.7. The molecule has 4 heteroatoms. The zero-order chi connectivity index (χ0) is 12.5. The minimum absolute atomic E-state index is 0.0864. The van der Waals surface area contributed by atoms with Crippen LogP contribution in [0.15, 0.2) is 24.3 Å². The van der Waals surface area contributed by atoms with Gasteiger partial charge in [0, 0.05) is 9.26 Å². The third-order valence-corrected chi connectivity index (χ3v) is 4.53. The summed E-state index contributed by atoms with van der Waals surface area (Å²) in [7, 11) is 0. The lowest BCUT2D eigenvalue weighted by Crippen LogP contribution is -2.54. The highest BCUT2D eigenvalue weighted by Gasteiger charge is 2.38. The second-order valence-electron chi connectivity index (χ2n) is 4.98. The van der Waals surface area contributed by atoms with Gasteiger partial charge in [-0.15, -0.1) is 0 Å². The van der Waals surface area contributed by atoms with Gasteiger partial charge in [0.2, 0.25) is 0 Å². The van der Waals surface area contributed by atoms with Crippen molar-refractivity contribution in [2.45, 2.75) is 37.8 Å². The van der Waals surface area contributed by atoms with Gasteiger partial charge in [0.15, 0.2) is 0 Å². The first-order chi connectivity index (χ1) is 8.74. The summed E-state index contributed by atoms with van der Waals surface area (Å²) in [5.74, 6) is -0.0864. The van der Waals surface area contributed by atoms with Crippen LogP contribution in [0.5, 0.6) is 0 Å². The Bertz CT molecular complexity index is 446. The number of hydrogen-bond donors (Lipinski definition) is 0. The lowest BCUT2D eigenvalue weighted by atomic mass is 9.89. The molecule has 1 aliphatic carbocycles. The van der Waals surface area contributed by atoms with E-state index in [2.05, 4.69) is 51.8 Å². The van der Waals surface area contributed by atoms with Gasteiger partial charge in [-0.2, -0.15) is 0 Å². The summed E-state index contributed by atoms with van der Waals surface area (Å²) in [6.45, 7) is 0.391. The van der Waals surface area contributed by atoms with E-state index in [9.17, 15) is 4.79 Å². The van der Waals surface area contributed by atoms with E-state index < -0.39 is 0 Å². The smallest absolute Gasteiger partial charge is 0.325 e. The molecule has 0 amide bonds. The fourth-order valence-corrected chi connectivity index (χ4v) is 3.31. The molecule has 3 rings (SSSR count). The quantitative estimate of drug-likeness (QED) is 0.572. The minimum Gasteiger partial charge on any atom is -0.459 e. The molecule has 1 saturated heterocycles. The SMILES string of the molecule is O=C1CN(c2ccc(I)cc2)C2CCCCC2O1. The van der Waals surface area contributed by atoms with Crippen molar-refractivity contribution in [3.8, 4) is 0 Å². The van der Waals surface area contributed by atoms with Gasteiger partial charge in [-0.1, -0.05) is 6.42 Å². The average molecular weight is 357 g/mol. The van der Waals surface area contributed by atoms with Gasteiger partial charge in [0.25, 0.3) is 0 Å². The highest BCUT2D eigenvalue weighted by molar-refractivity contribution is 14.1.